The molecule has 5 aromatic rings. The third kappa shape index (κ3) is 4.07. The predicted molar refractivity (Wildman–Crippen MR) is 130 cm³/mol. The molecule has 1 saturated carbocycles. The van der Waals surface area contributed by atoms with E-state index in [0.717, 1.165) is 33.6 Å². The van der Waals surface area contributed by atoms with Crippen molar-refractivity contribution in [1.82, 2.24) is 29.5 Å². The quantitative estimate of drug-likeness (QED) is 0.390. The largest absolute Gasteiger partial charge is 0.366 e. The van der Waals surface area contributed by atoms with Crippen LogP contribution in [0.2, 0.25) is 0 Å². The van der Waals surface area contributed by atoms with Gasteiger partial charge < -0.3 is 10.6 Å². The molecule has 6 rings (SSSR count). The number of hydrogen-bond donors (Lipinski definition) is 2. The highest BCUT2D eigenvalue weighted by atomic mass is 15.3. The lowest BCUT2D eigenvalue weighted by Crippen LogP contribution is -2.23. The zero-order valence-corrected chi connectivity index (χ0v) is 18.1. The van der Waals surface area contributed by atoms with Gasteiger partial charge in [-0.25, -0.2) is 24.5 Å². The van der Waals surface area contributed by atoms with E-state index in [2.05, 4.69) is 30.6 Å². The van der Waals surface area contributed by atoms with E-state index in [1.165, 1.54) is 32.1 Å². The van der Waals surface area contributed by atoms with Crippen molar-refractivity contribution in [3.05, 3.63) is 67.1 Å². The Morgan fingerprint density at radius 2 is 1.61 bits per heavy atom. The summed E-state index contributed by atoms with van der Waals surface area (Å²) in [5.74, 6) is 2.06. The van der Waals surface area contributed by atoms with Crippen molar-refractivity contribution in [3.8, 4) is 11.3 Å². The molecule has 1 fully saturated rings. The van der Waals surface area contributed by atoms with Crippen LogP contribution in [-0.4, -0.2) is 35.6 Å². The lowest BCUT2D eigenvalue weighted by Gasteiger charge is -2.23. The highest BCUT2D eigenvalue weighted by Crippen LogP contribution is 2.24. The maximum atomic E-state index is 4.79. The van der Waals surface area contributed by atoms with E-state index in [1.807, 2.05) is 59.2 Å². The summed E-state index contributed by atoms with van der Waals surface area (Å²) in [6.45, 7) is 0. The monoisotopic (exact) mass is 436 g/mol. The van der Waals surface area contributed by atoms with Crippen LogP contribution in [0.5, 0.6) is 0 Å². The molecule has 0 amide bonds. The lowest BCUT2D eigenvalue weighted by molar-refractivity contribution is 0.461. The van der Waals surface area contributed by atoms with Crippen LogP contribution in [0, 0.1) is 0 Å². The first-order chi connectivity index (χ1) is 16.3. The Morgan fingerprint density at radius 3 is 2.48 bits per heavy atom. The minimum absolute atomic E-state index is 0.489. The molecular formula is C25H24N8. The summed E-state index contributed by atoms with van der Waals surface area (Å²) < 4.78 is 1.85. The number of imidazole rings is 1. The first kappa shape index (κ1) is 19.6. The highest BCUT2D eigenvalue weighted by molar-refractivity contribution is 5.80. The van der Waals surface area contributed by atoms with Gasteiger partial charge in [-0.3, -0.25) is 0 Å². The Labute approximate surface area is 191 Å². The van der Waals surface area contributed by atoms with E-state index in [1.54, 1.807) is 12.4 Å². The van der Waals surface area contributed by atoms with Crippen LogP contribution in [0.25, 0.3) is 27.8 Å². The van der Waals surface area contributed by atoms with Crippen molar-refractivity contribution in [2.75, 3.05) is 10.6 Å². The van der Waals surface area contributed by atoms with Crippen molar-refractivity contribution in [2.45, 2.75) is 38.1 Å². The van der Waals surface area contributed by atoms with E-state index in [0.29, 0.717) is 17.8 Å². The van der Waals surface area contributed by atoms with Crippen LogP contribution in [0.4, 0.5) is 17.6 Å². The molecule has 0 radical (unpaired) electrons. The number of fused-ring (bicyclic) bond motifs is 2. The Kier molecular flexibility index (Phi) is 5.03. The van der Waals surface area contributed by atoms with Crippen LogP contribution < -0.4 is 10.6 Å². The van der Waals surface area contributed by atoms with Crippen LogP contribution in [-0.2, 0) is 0 Å². The minimum atomic E-state index is 0.489. The smallest absolute Gasteiger partial charge is 0.228 e. The molecule has 164 valence electrons. The Morgan fingerprint density at radius 1 is 0.788 bits per heavy atom. The molecular weight excluding hydrogens is 412 g/mol. The standard InChI is InChI=1S/C25H24N8/c1-2-7-19(8-3-1)29-23-12-13-24-26-16-21(33(24)32-23)18-14-27-25(28-15-18)31-22-11-10-17-6-4-5-9-20(17)30-22/h4-6,9-16,19H,1-3,7-8H2,(H,29,32)(H,27,28,30,31). The average Bonchev–Trinajstić information content (AvgIpc) is 3.28. The number of nitrogens with zero attached hydrogens (tertiary/aromatic N) is 6. The number of anilines is 3. The molecule has 8 nitrogen and oxygen atoms in total. The van der Waals surface area contributed by atoms with E-state index in [-0.39, 0.29) is 0 Å². The number of aromatic nitrogens is 6. The zero-order chi connectivity index (χ0) is 22.0. The maximum absolute atomic E-state index is 4.79. The second-order valence-corrected chi connectivity index (χ2v) is 8.42. The topological polar surface area (TPSA) is 92.9 Å². The molecule has 1 aliphatic rings. The van der Waals surface area contributed by atoms with Gasteiger partial charge in [-0.1, -0.05) is 37.5 Å². The Balaban J connectivity index is 1.23. The van der Waals surface area contributed by atoms with Gasteiger partial charge in [0.1, 0.15) is 11.6 Å². The summed E-state index contributed by atoms with van der Waals surface area (Å²) in [6.07, 6.45) is 11.7. The van der Waals surface area contributed by atoms with Crippen molar-refractivity contribution in [3.63, 3.8) is 0 Å². The number of nitrogens with one attached hydrogen (secondary N) is 2. The normalized spacial score (nSPS) is 14.5. The second-order valence-electron chi connectivity index (χ2n) is 8.42. The fraction of sp³-hybridized carbons (Fsp3) is 0.240. The van der Waals surface area contributed by atoms with E-state index >= 15 is 0 Å². The third-order valence-corrected chi connectivity index (χ3v) is 6.11. The lowest BCUT2D eigenvalue weighted by atomic mass is 9.95. The van der Waals surface area contributed by atoms with Crippen LogP contribution in [0.3, 0.4) is 0 Å². The SMILES string of the molecule is c1ccc2nc(Nc3ncc(-c4cnc5ccc(NC6CCCCC6)nn45)cn3)ccc2c1. The van der Waals surface area contributed by atoms with Gasteiger partial charge in [0, 0.05) is 29.4 Å². The Hall–Kier alpha value is -4.07. The summed E-state index contributed by atoms with van der Waals surface area (Å²) >= 11 is 0. The molecule has 2 N–H and O–H groups in total. The molecule has 0 spiro atoms. The molecule has 4 heterocycles. The number of para-hydroxylation sites is 1. The predicted octanol–water partition coefficient (Wildman–Crippen LogP) is 5.22. The molecule has 1 aromatic carbocycles. The summed E-state index contributed by atoms with van der Waals surface area (Å²) in [7, 11) is 0. The molecule has 0 saturated heterocycles. The molecule has 0 unspecified atom stereocenters. The molecule has 33 heavy (non-hydrogen) atoms. The third-order valence-electron chi connectivity index (χ3n) is 6.11. The van der Waals surface area contributed by atoms with Gasteiger partial charge in [-0.15, -0.1) is 5.10 Å². The first-order valence-corrected chi connectivity index (χ1v) is 11.4. The highest BCUT2D eigenvalue weighted by Gasteiger charge is 2.15. The molecule has 4 aromatic heterocycles. The van der Waals surface area contributed by atoms with Gasteiger partial charge in [-0.2, -0.15) is 0 Å². The molecule has 1 aliphatic carbocycles. The zero-order valence-electron chi connectivity index (χ0n) is 18.1. The summed E-state index contributed by atoms with van der Waals surface area (Å²) in [6, 6.07) is 16.4. The summed E-state index contributed by atoms with van der Waals surface area (Å²) in [5, 5.41) is 12.6. The van der Waals surface area contributed by atoms with E-state index in [4.69, 9.17) is 5.10 Å². The first-order valence-electron chi connectivity index (χ1n) is 11.4. The Bertz CT molecular complexity index is 1400. The van der Waals surface area contributed by atoms with Crippen molar-refractivity contribution in [1.29, 1.82) is 0 Å². The van der Waals surface area contributed by atoms with Crippen LogP contribution in [0.1, 0.15) is 32.1 Å². The fourth-order valence-corrected chi connectivity index (χ4v) is 4.38. The van der Waals surface area contributed by atoms with Crippen LogP contribution >= 0.6 is 0 Å². The van der Waals surface area contributed by atoms with E-state index in [9.17, 15) is 0 Å². The fourth-order valence-electron chi connectivity index (χ4n) is 4.38. The van der Waals surface area contributed by atoms with Gasteiger partial charge >= 0.3 is 0 Å². The minimum Gasteiger partial charge on any atom is -0.366 e. The number of pyridine rings is 1. The molecule has 0 bridgehead atoms. The summed E-state index contributed by atoms with van der Waals surface area (Å²) in [5.41, 5.74) is 3.42. The number of rotatable bonds is 5. The molecule has 8 heteroatoms. The van der Waals surface area contributed by atoms with E-state index < -0.39 is 0 Å². The van der Waals surface area contributed by atoms with Crippen molar-refractivity contribution < 1.29 is 0 Å². The molecule has 0 aliphatic heterocycles. The van der Waals surface area contributed by atoms with Gasteiger partial charge in [-0.05, 0) is 43.2 Å². The van der Waals surface area contributed by atoms with Gasteiger partial charge in [0.25, 0.3) is 0 Å². The maximum Gasteiger partial charge on any atom is 0.228 e. The number of benzene rings is 1. The summed E-state index contributed by atoms with van der Waals surface area (Å²) in [4.78, 5) is 18.1. The van der Waals surface area contributed by atoms with Gasteiger partial charge in [0.2, 0.25) is 5.95 Å². The number of hydrogen-bond acceptors (Lipinski definition) is 7. The van der Waals surface area contributed by atoms with Crippen LogP contribution in [0.15, 0.2) is 67.1 Å². The van der Waals surface area contributed by atoms with Gasteiger partial charge in [0.05, 0.1) is 17.4 Å². The second kappa shape index (κ2) is 8.46. The van der Waals surface area contributed by atoms with Crippen molar-refractivity contribution >= 4 is 34.1 Å². The molecule has 0 atom stereocenters. The van der Waals surface area contributed by atoms with Crippen molar-refractivity contribution in [2.24, 2.45) is 0 Å². The van der Waals surface area contributed by atoms with Gasteiger partial charge in [0.15, 0.2) is 5.65 Å². The average molecular weight is 437 g/mol.